The molecule has 0 heterocycles. The van der Waals surface area contributed by atoms with Crippen molar-refractivity contribution in [1.82, 2.24) is 5.32 Å². The summed E-state index contributed by atoms with van der Waals surface area (Å²) in [6, 6.07) is 9.78. The van der Waals surface area contributed by atoms with Crippen LogP contribution in [0.15, 0.2) is 30.3 Å². The fourth-order valence-corrected chi connectivity index (χ4v) is 2.13. The number of benzene rings is 1. The smallest absolute Gasteiger partial charge is 0.230 e. The highest BCUT2D eigenvalue weighted by Crippen LogP contribution is 2.48. The Balaban J connectivity index is 2.09. The van der Waals surface area contributed by atoms with Crippen LogP contribution in [0.5, 0.6) is 0 Å². The molecule has 17 heavy (non-hydrogen) atoms. The number of hydrogen-bond donors (Lipinski definition) is 2. The van der Waals surface area contributed by atoms with Gasteiger partial charge in [0.05, 0.1) is 18.1 Å². The van der Waals surface area contributed by atoms with Gasteiger partial charge >= 0.3 is 0 Å². The molecule has 1 aliphatic rings. The molecule has 3 nitrogen and oxygen atoms in total. The third kappa shape index (κ3) is 2.34. The van der Waals surface area contributed by atoms with Gasteiger partial charge in [-0.15, -0.1) is 0 Å². The van der Waals surface area contributed by atoms with Crippen molar-refractivity contribution < 1.29 is 9.90 Å². The van der Waals surface area contributed by atoms with Crippen LogP contribution in [0.25, 0.3) is 0 Å². The van der Waals surface area contributed by atoms with Crippen LogP contribution in [-0.2, 0) is 10.2 Å². The number of nitrogens with one attached hydrogen (secondary N) is 1. The van der Waals surface area contributed by atoms with Crippen molar-refractivity contribution >= 4 is 5.91 Å². The Labute approximate surface area is 102 Å². The van der Waals surface area contributed by atoms with Crippen LogP contribution in [0, 0.1) is 0 Å². The zero-order valence-electron chi connectivity index (χ0n) is 10.1. The minimum Gasteiger partial charge on any atom is -0.394 e. The molecule has 1 aromatic rings. The molecular formula is C14H19NO2. The van der Waals surface area contributed by atoms with Gasteiger partial charge in [0.15, 0.2) is 0 Å². The molecule has 3 heteroatoms. The summed E-state index contributed by atoms with van der Waals surface area (Å²) in [5, 5.41) is 12.0. The van der Waals surface area contributed by atoms with E-state index >= 15 is 0 Å². The second kappa shape index (κ2) is 4.88. The quantitative estimate of drug-likeness (QED) is 0.811. The predicted octanol–water partition coefficient (Wildman–Crippen LogP) is 1.61. The monoisotopic (exact) mass is 233 g/mol. The third-order valence-corrected chi connectivity index (χ3v) is 3.56. The molecule has 0 spiro atoms. The molecule has 2 N–H and O–H groups in total. The number of aliphatic hydroxyl groups excluding tert-OH is 1. The maximum Gasteiger partial charge on any atom is 0.230 e. The number of hydrogen-bond acceptors (Lipinski definition) is 2. The van der Waals surface area contributed by atoms with E-state index in [9.17, 15) is 4.79 Å². The number of rotatable bonds is 5. The highest BCUT2D eigenvalue weighted by atomic mass is 16.3. The summed E-state index contributed by atoms with van der Waals surface area (Å²) in [5.74, 6) is 0.0598. The minimum atomic E-state index is -0.330. The maximum absolute atomic E-state index is 12.2. The number of amides is 1. The van der Waals surface area contributed by atoms with Gasteiger partial charge in [-0.2, -0.15) is 0 Å². The number of carbonyl (C=O) groups is 1. The Morgan fingerprint density at radius 3 is 2.53 bits per heavy atom. The molecule has 0 aliphatic heterocycles. The Bertz CT molecular complexity index is 380. The summed E-state index contributed by atoms with van der Waals surface area (Å²) < 4.78 is 0. The van der Waals surface area contributed by atoms with Crippen LogP contribution in [0.2, 0.25) is 0 Å². The van der Waals surface area contributed by atoms with Gasteiger partial charge in [0.25, 0.3) is 0 Å². The van der Waals surface area contributed by atoms with Crippen molar-refractivity contribution in [3.63, 3.8) is 0 Å². The van der Waals surface area contributed by atoms with Crippen LogP contribution in [0.3, 0.4) is 0 Å². The summed E-state index contributed by atoms with van der Waals surface area (Å²) in [5.41, 5.74) is 0.759. The van der Waals surface area contributed by atoms with Crippen LogP contribution in [0.1, 0.15) is 31.7 Å². The van der Waals surface area contributed by atoms with E-state index in [4.69, 9.17) is 5.11 Å². The molecule has 0 radical (unpaired) electrons. The van der Waals surface area contributed by atoms with E-state index in [1.54, 1.807) is 0 Å². The molecule has 1 saturated carbocycles. The van der Waals surface area contributed by atoms with E-state index in [0.29, 0.717) is 0 Å². The molecule has 1 aliphatic carbocycles. The number of carbonyl (C=O) groups excluding carboxylic acids is 1. The first-order chi connectivity index (χ1) is 8.23. The molecule has 1 atom stereocenters. The largest absolute Gasteiger partial charge is 0.394 e. The van der Waals surface area contributed by atoms with Gasteiger partial charge in [-0.25, -0.2) is 0 Å². The highest BCUT2D eigenvalue weighted by Gasteiger charge is 2.51. The van der Waals surface area contributed by atoms with E-state index in [0.717, 1.165) is 24.8 Å². The van der Waals surface area contributed by atoms with Gasteiger partial charge in [0.2, 0.25) is 5.91 Å². The highest BCUT2D eigenvalue weighted by molar-refractivity contribution is 5.91. The van der Waals surface area contributed by atoms with Crippen molar-refractivity contribution in [1.29, 1.82) is 0 Å². The second-order valence-electron chi connectivity index (χ2n) is 4.71. The van der Waals surface area contributed by atoms with Crippen LogP contribution >= 0.6 is 0 Å². The number of aliphatic hydroxyl groups is 1. The average Bonchev–Trinajstić information content (AvgIpc) is 3.18. The van der Waals surface area contributed by atoms with Crippen molar-refractivity contribution in [2.75, 3.05) is 6.61 Å². The third-order valence-electron chi connectivity index (χ3n) is 3.56. The van der Waals surface area contributed by atoms with Crippen molar-refractivity contribution in [3.8, 4) is 0 Å². The van der Waals surface area contributed by atoms with E-state index < -0.39 is 0 Å². The van der Waals surface area contributed by atoms with E-state index in [-0.39, 0.29) is 24.0 Å². The van der Waals surface area contributed by atoms with Gasteiger partial charge < -0.3 is 10.4 Å². The molecule has 0 saturated heterocycles. The summed E-state index contributed by atoms with van der Waals surface area (Å²) in [6.07, 6.45) is 2.57. The second-order valence-corrected chi connectivity index (χ2v) is 4.71. The van der Waals surface area contributed by atoms with Gasteiger partial charge in [-0.3, -0.25) is 4.79 Å². The van der Waals surface area contributed by atoms with Gasteiger partial charge in [-0.1, -0.05) is 37.3 Å². The lowest BCUT2D eigenvalue weighted by Gasteiger charge is -2.20. The Hall–Kier alpha value is -1.35. The molecule has 1 fully saturated rings. The minimum absolute atomic E-state index is 0.00705. The standard InChI is InChI=1S/C14H19NO2/c1-2-12(10-16)15-13(17)14(8-9-14)11-6-4-3-5-7-11/h3-7,12,16H,2,8-10H2,1H3,(H,15,17). The first-order valence-electron chi connectivity index (χ1n) is 6.20. The summed E-state index contributed by atoms with van der Waals surface area (Å²) >= 11 is 0. The SMILES string of the molecule is CCC(CO)NC(=O)C1(c2ccccc2)CC1. The maximum atomic E-state index is 12.2. The molecule has 0 bridgehead atoms. The fraction of sp³-hybridized carbons (Fsp3) is 0.500. The van der Waals surface area contributed by atoms with E-state index in [2.05, 4.69) is 5.32 Å². The van der Waals surface area contributed by atoms with Crippen LogP contribution in [0.4, 0.5) is 0 Å². The lowest BCUT2D eigenvalue weighted by atomic mass is 9.94. The van der Waals surface area contributed by atoms with Crippen molar-refractivity contribution in [2.24, 2.45) is 0 Å². The zero-order chi connectivity index (χ0) is 12.3. The molecule has 2 rings (SSSR count). The summed E-state index contributed by atoms with van der Waals surface area (Å²) in [6.45, 7) is 1.97. The molecule has 92 valence electrons. The average molecular weight is 233 g/mol. The Morgan fingerprint density at radius 1 is 1.41 bits per heavy atom. The first-order valence-corrected chi connectivity index (χ1v) is 6.20. The van der Waals surface area contributed by atoms with Crippen LogP contribution in [-0.4, -0.2) is 23.7 Å². The molecule has 1 aromatic carbocycles. The molecule has 1 amide bonds. The van der Waals surface area contributed by atoms with E-state index in [1.807, 2.05) is 37.3 Å². The first kappa shape index (κ1) is 12.1. The topological polar surface area (TPSA) is 49.3 Å². The van der Waals surface area contributed by atoms with Crippen molar-refractivity contribution in [3.05, 3.63) is 35.9 Å². The summed E-state index contributed by atoms with van der Waals surface area (Å²) in [7, 11) is 0. The van der Waals surface area contributed by atoms with Crippen LogP contribution < -0.4 is 5.32 Å². The Kier molecular flexibility index (Phi) is 3.48. The summed E-state index contributed by atoms with van der Waals surface area (Å²) in [4.78, 5) is 12.2. The van der Waals surface area contributed by atoms with Crippen molar-refractivity contribution in [2.45, 2.75) is 37.6 Å². The molecule has 1 unspecified atom stereocenters. The van der Waals surface area contributed by atoms with Gasteiger partial charge in [0, 0.05) is 0 Å². The lowest BCUT2D eigenvalue weighted by Crippen LogP contribution is -2.43. The lowest BCUT2D eigenvalue weighted by molar-refractivity contribution is -0.124. The Morgan fingerprint density at radius 2 is 2.06 bits per heavy atom. The fourth-order valence-electron chi connectivity index (χ4n) is 2.13. The molecule has 0 aromatic heterocycles. The van der Waals surface area contributed by atoms with Gasteiger partial charge in [-0.05, 0) is 24.8 Å². The van der Waals surface area contributed by atoms with E-state index in [1.165, 1.54) is 0 Å². The van der Waals surface area contributed by atoms with Gasteiger partial charge in [0.1, 0.15) is 0 Å². The predicted molar refractivity (Wildman–Crippen MR) is 66.7 cm³/mol. The zero-order valence-corrected chi connectivity index (χ0v) is 10.1. The normalized spacial score (nSPS) is 18.5. The molecular weight excluding hydrogens is 214 g/mol.